The van der Waals surface area contributed by atoms with E-state index >= 15 is 0 Å². The Bertz CT molecular complexity index is 400. The molecule has 0 bridgehead atoms. The van der Waals surface area contributed by atoms with Gasteiger partial charge < -0.3 is 5.32 Å². The van der Waals surface area contributed by atoms with Crippen molar-refractivity contribution >= 4 is 17.2 Å². The molecule has 1 N–H and O–H groups in total. The average molecular weight is 192 g/mol. The molecule has 0 amide bonds. The number of anilines is 1. The van der Waals surface area contributed by atoms with E-state index in [1.165, 1.54) is 12.1 Å². The molecule has 2 rings (SSSR count). The van der Waals surface area contributed by atoms with Crippen LogP contribution in [-0.2, 0) is 0 Å². The highest BCUT2D eigenvalue weighted by molar-refractivity contribution is 6.04. The number of hydrogen-bond acceptors (Lipinski definition) is 4. The number of nitrogens with one attached hydrogen (secondary N) is 1. The predicted molar refractivity (Wildman–Crippen MR) is 50.5 cm³/mol. The molecular weight excluding hydrogens is 184 g/mol. The first-order valence-corrected chi connectivity index (χ1v) is 4.24. The largest absolute Gasteiger partial charge is 0.378 e. The third kappa shape index (κ3) is 1.22. The number of hydrogen-bond donors (Lipinski definition) is 1. The molecule has 5 nitrogen and oxygen atoms in total. The number of carbonyl (C=O) groups is 1. The smallest absolute Gasteiger partial charge is 0.293 e. The number of fused-ring (bicyclic) bond motifs is 1. The van der Waals surface area contributed by atoms with Crippen molar-refractivity contribution in [3.05, 3.63) is 33.9 Å². The van der Waals surface area contributed by atoms with Crippen LogP contribution in [-0.4, -0.2) is 17.3 Å². The summed E-state index contributed by atoms with van der Waals surface area (Å²) in [6.07, 6.45) is 0.397. The highest BCUT2D eigenvalue weighted by Crippen LogP contribution is 2.31. The summed E-state index contributed by atoms with van der Waals surface area (Å²) in [6, 6.07) is 4.53. The SMILES string of the molecule is O=C1CCNc2c1cccc2[N+](=O)[O-]. The molecule has 1 aliphatic rings. The standard InChI is InChI=1S/C9H8N2O3/c12-8-4-5-10-9-6(8)2-1-3-7(9)11(13)14/h1-3,10H,4-5H2. The molecule has 14 heavy (non-hydrogen) atoms. The van der Waals surface area contributed by atoms with Crippen LogP contribution < -0.4 is 5.32 Å². The van der Waals surface area contributed by atoms with Crippen LogP contribution >= 0.6 is 0 Å². The highest BCUT2D eigenvalue weighted by atomic mass is 16.6. The predicted octanol–water partition coefficient (Wildman–Crippen LogP) is 1.59. The quantitative estimate of drug-likeness (QED) is 0.541. The van der Waals surface area contributed by atoms with Gasteiger partial charge in [-0.3, -0.25) is 14.9 Å². The molecule has 0 saturated carbocycles. The number of nitrogens with zero attached hydrogens (tertiary/aromatic N) is 1. The fourth-order valence-corrected chi connectivity index (χ4v) is 1.55. The zero-order chi connectivity index (χ0) is 10.1. The minimum absolute atomic E-state index is 0.0319. The van der Waals surface area contributed by atoms with Crippen LogP contribution in [0.2, 0.25) is 0 Å². The first-order valence-electron chi connectivity index (χ1n) is 4.24. The van der Waals surface area contributed by atoms with Crippen molar-refractivity contribution in [2.75, 3.05) is 11.9 Å². The van der Waals surface area contributed by atoms with Gasteiger partial charge >= 0.3 is 0 Å². The highest BCUT2D eigenvalue weighted by Gasteiger charge is 2.24. The lowest BCUT2D eigenvalue weighted by molar-refractivity contribution is -0.384. The molecule has 0 unspecified atom stereocenters. The fourth-order valence-electron chi connectivity index (χ4n) is 1.55. The van der Waals surface area contributed by atoms with Crippen molar-refractivity contribution in [3.8, 4) is 0 Å². The molecule has 72 valence electrons. The fraction of sp³-hybridized carbons (Fsp3) is 0.222. The van der Waals surface area contributed by atoms with E-state index in [1.807, 2.05) is 0 Å². The summed E-state index contributed by atoms with van der Waals surface area (Å²) >= 11 is 0. The molecule has 1 aliphatic heterocycles. The van der Waals surface area contributed by atoms with Crippen molar-refractivity contribution in [3.63, 3.8) is 0 Å². The summed E-state index contributed by atoms with van der Waals surface area (Å²) < 4.78 is 0. The summed E-state index contributed by atoms with van der Waals surface area (Å²) in [5, 5.41) is 13.5. The second-order valence-electron chi connectivity index (χ2n) is 3.06. The van der Waals surface area contributed by atoms with Gasteiger partial charge in [-0.25, -0.2) is 0 Å². The summed E-state index contributed by atoms with van der Waals surface area (Å²) in [6.45, 7) is 0.469. The van der Waals surface area contributed by atoms with Crippen molar-refractivity contribution in [1.82, 2.24) is 0 Å². The average Bonchev–Trinajstić information content (AvgIpc) is 2.17. The minimum atomic E-state index is -0.482. The monoisotopic (exact) mass is 192 g/mol. The Morgan fingerprint density at radius 2 is 2.21 bits per heavy atom. The summed E-state index contributed by atoms with van der Waals surface area (Å²) in [4.78, 5) is 21.5. The lowest BCUT2D eigenvalue weighted by Gasteiger charge is -2.15. The Balaban J connectivity index is 2.60. The number of benzene rings is 1. The van der Waals surface area contributed by atoms with Gasteiger partial charge in [0.05, 0.1) is 4.92 Å². The van der Waals surface area contributed by atoms with E-state index in [0.717, 1.165) is 0 Å². The van der Waals surface area contributed by atoms with Crippen LogP contribution in [0.5, 0.6) is 0 Å². The molecule has 0 saturated heterocycles. The number of Topliss-reactive ketones (excluding diaryl/α,β-unsaturated/α-hetero) is 1. The maximum atomic E-state index is 11.4. The van der Waals surface area contributed by atoms with E-state index in [-0.39, 0.29) is 11.5 Å². The lowest BCUT2D eigenvalue weighted by atomic mass is 10.0. The summed E-state index contributed by atoms with van der Waals surface area (Å²) in [5.41, 5.74) is 0.745. The molecule has 1 heterocycles. The second kappa shape index (κ2) is 3.10. The molecule has 0 radical (unpaired) electrons. The second-order valence-corrected chi connectivity index (χ2v) is 3.06. The number of ketones is 1. The van der Waals surface area contributed by atoms with Crippen LogP contribution in [0.3, 0.4) is 0 Å². The van der Waals surface area contributed by atoms with Gasteiger partial charge in [-0.2, -0.15) is 0 Å². The maximum Gasteiger partial charge on any atom is 0.293 e. The Hall–Kier alpha value is -1.91. The molecule has 1 aromatic carbocycles. The number of nitro groups is 1. The van der Waals surface area contributed by atoms with Gasteiger partial charge in [0, 0.05) is 24.6 Å². The zero-order valence-corrected chi connectivity index (χ0v) is 7.32. The van der Waals surface area contributed by atoms with E-state index in [9.17, 15) is 14.9 Å². The maximum absolute atomic E-state index is 11.4. The van der Waals surface area contributed by atoms with Crippen LogP contribution in [0.4, 0.5) is 11.4 Å². The third-order valence-corrected chi connectivity index (χ3v) is 2.19. The van der Waals surface area contributed by atoms with Crippen molar-refractivity contribution in [2.45, 2.75) is 6.42 Å². The number of carbonyl (C=O) groups excluding carboxylic acids is 1. The Labute approximate surface area is 79.9 Å². The van der Waals surface area contributed by atoms with E-state index in [4.69, 9.17) is 0 Å². The molecule has 0 aromatic heterocycles. The molecule has 0 fully saturated rings. The van der Waals surface area contributed by atoms with Crippen molar-refractivity contribution < 1.29 is 9.72 Å². The molecular formula is C9H8N2O3. The van der Waals surface area contributed by atoms with E-state index in [0.29, 0.717) is 24.2 Å². The zero-order valence-electron chi connectivity index (χ0n) is 7.32. The van der Waals surface area contributed by atoms with Gasteiger partial charge in [-0.05, 0) is 6.07 Å². The number of para-hydroxylation sites is 1. The van der Waals surface area contributed by atoms with Gasteiger partial charge in [0.25, 0.3) is 5.69 Å². The number of rotatable bonds is 1. The molecule has 0 spiro atoms. The van der Waals surface area contributed by atoms with E-state index in [2.05, 4.69) is 5.32 Å². The number of nitro benzene ring substituents is 1. The van der Waals surface area contributed by atoms with Gasteiger partial charge in [0.2, 0.25) is 0 Å². The molecule has 1 aromatic rings. The first-order chi connectivity index (χ1) is 6.70. The van der Waals surface area contributed by atoms with E-state index < -0.39 is 4.92 Å². The summed E-state index contributed by atoms with van der Waals surface area (Å²) in [7, 11) is 0. The Morgan fingerprint density at radius 3 is 2.93 bits per heavy atom. The van der Waals surface area contributed by atoms with Gasteiger partial charge in [0.1, 0.15) is 5.69 Å². The minimum Gasteiger partial charge on any atom is -0.378 e. The van der Waals surface area contributed by atoms with Crippen LogP contribution in [0.15, 0.2) is 18.2 Å². The van der Waals surface area contributed by atoms with Crippen LogP contribution in [0, 0.1) is 10.1 Å². The van der Waals surface area contributed by atoms with Crippen molar-refractivity contribution in [2.24, 2.45) is 0 Å². The Morgan fingerprint density at radius 1 is 1.43 bits per heavy atom. The van der Waals surface area contributed by atoms with Crippen LogP contribution in [0.25, 0.3) is 0 Å². The molecule has 0 aliphatic carbocycles. The molecule has 0 atom stereocenters. The first kappa shape index (κ1) is 8.68. The summed E-state index contributed by atoms with van der Waals surface area (Å²) in [5.74, 6) is -0.0394. The normalized spacial score (nSPS) is 14.4. The Kier molecular flexibility index (Phi) is 1.92. The van der Waals surface area contributed by atoms with E-state index in [1.54, 1.807) is 6.07 Å². The lowest BCUT2D eigenvalue weighted by Crippen LogP contribution is -2.18. The molecule has 5 heteroatoms. The van der Waals surface area contributed by atoms with Gasteiger partial charge in [0.15, 0.2) is 5.78 Å². The van der Waals surface area contributed by atoms with Gasteiger partial charge in [-0.15, -0.1) is 0 Å². The van der Waals surface area contributed by atoms with Crippen LogP contribution in [0.1, 0.15) is 16.8 Å². The van der Waals surface area contributed by atoms with Gasteiger partial charge in [-0.1, -0.05) is 6.07 Å². The third-order valence-electron chi connectivity index (χ3n) is 2.19. The topological polar surface area (TPSA) is 72.2 Å². The van der Waals surface area contributed by atoms with Crippen molar-refractivity contribution in [1.29, 1.82) is 0 Å².